The molecule has 0 aliphatic carbocycles. The average molecular weight is 422 g/mol. The minimum absolute atomic E-state index is 0.00298. The Labute approximate surface area is 182 Å². The molecule has 0 fully saturated rings. The first-order valence-corrected chi connectivity index (χ1v) is 9.99. The molecule has 4 aromatic rings. The summed E-state index contributed by atoms with van der Waals surface area (Å²) in [7, 11) is 0. The van der Waals surface area contributed by atoms with E-state index in [9.17, 15) is 14.4 Å². The summed E-state index contributed by atoms with van der Waals surface area (Å²) in [5, 5.41) is 5.56. The lowest BCUT2D eigenvalue weighted by molar-refractivity contribution is -0.110. The van der Waals surface area contributed by atoms with Crippen molar-refractivity contribution in [3.05, 3.63) is 106 Å². The van der Waals surface area contributed by atoms with Gasteiger partial charge in [-0.15, -0.1) is 0 Å². The molecule has 0 saturated heterocycles. The maximum Gasteiger partial charge on any atom is 0.261 e. The van der Waals surface area contributed by atoms with E-state index >= 15 is 0 Å². The Morgan fingerprint density at radius 3 is 2.53 bits per heavy atom. The molecular formula is C25H18N4O3. The maximum absolute atomic E-state index is 12.9. The number of hydrogen-bond donors (Lipinski definition) is 4. The standard InChI is InChI=1S/C25H18N4O3/c30-23-20(15-5-2-1-3-6-15)13-26-14-21(23)25(32)28-17-8-9-18-19(11-16-7-4-10-27-16)24(31)29-22(18)12-17/h1-14,27H,(H,26,30)(H,28,32)(H,29,31). The van der Waals surface area contributed by atoms with E-state index in [2.05, 4.69) is 20.6 Å². The largest absolute Gasteiger partial charge is 0.366 e. The fourth-order valence-corrected chi connectivity index (χ4v) is 3.69. The Balaban J connectivity index is 1.42. The number of benzene rings is 2. The molecule has 1 aliphatic rings. The van der Waals surface area contributed by atoms with Crippen molar-refractivity contribution in [2.75, 3.05) is 10.6 Å². The molecule has 156 valence electrons. The molecule has 0 unspecified atom stereocenters. The molecule has 0 bridgehead atoms. The molecule has 0 saturated carbocycles. The van der Waals surface area contributed by atoms with E-state index in [0.29, 0.717) is 22.5 Å². The number of rotatable bonds is 4. The van der Waals surface area contributed by atoms with Crippen LogP contribution in [0.5, 0.6) is 0 Å². The van der Waals surface area contributed by atoms with Crippen LogP contribution in [0.15, 0.2) is 84.0 Å². The van der Waals surface area contributed by atoms with Gasteiger partial charge in [0, 0.05) is 41.1 Å². The Kier molecular flexibility index (Phi) is 4.76. The van der Waals surface area contributed by atoms with Crippen molar-refractivity contribution in [1.82, 2.24) is 9.97 Å². The third-order valence-electron chi connectivity index (χ3n) is 5.26. The van der Waals surface area contributed by atoms with Crippen LogP contribution in [0.4, 0.5) is 11.4 Å². The fraction of sp³-hybridized carbons (Fsp3) is 0. The van der Waals surface area contributed by atoms with Crippen molar-refractivity contribution in [3.63, 3.8) is 0 Å². The zero-order valence-electron chi connectivity index (χ0n) is 16.8. The van der Waals surface area contributed by atoms with E-state index in [1.165, 1.54) is 6.20 Å². The second-order valence-electron chi connectivity index (χ2n) is 7.33. The number of hydrogen-bond acceptors (Lipinski definition) is 3. The van der Waals surface area contributed by atoms with Crippen molar-refractivity contribution in [2.24, 2.45) is 0 Å². The topological polar surface area (TPSA) is 107 Å². The van der Waals surface area contributed by atoms with Gasteiger partial charge in [0.05, 0.1) is 11.3 Å². The summed E-state index contributed by atoms with van der Waals surface area (Å²) in [6.45, 7) is 0. The highest BCUT2D eigenvalue weighted by Crippen LogP contribution is 2.35. The normalized spacial score (nSPS) is 13.6. The lowest BCUT2D eigenvalue weighted by Gasteiger charge is -2.08. The Morgan fingerprint density at radius 2 is 1.75 bits per heavy atom. The molecule has 32 heavy (non-hydrogen) atoms. The lowest BCUT2D eigenvalue weighted by Crippen LogP contribution is -2.22. The van der Waals surface area contributed by atoms with Gasteiger partial charge in [-0.25, -0.2) is 0 Å². The van der Waals surface area contributed by atoms with E-state index in [-0.39, 0.29) is 16.9 Å². The molecule has 2 amide bonds. The van der Waals surface area contributed by atoms with Crippen LogP contribution in [0.1, 0.15) is 21.6 Å². The minimum Gasteiger partial charge on any atom is -0.366 e. The number of aromatic nitrogens is 2. The van der Waals surface area contributed by atoms with Crippen molar-refractivity contribution >= 4 is 34.8 Å². The number of carbonyl (C=O) groups excluding carboxylic acids is 2. The SMILES string of the molecule is O=C1Nc2cc(NC(=O)c3c[nH]cc(-c4ccccc4)c3=O)ccc2C1=Cc1ccc[nH]1. The molecule has 3 heterocycles. The van der Waals surface area contributed by atoms with Crippen molar-refractivity contribution in [1.29, 1.82) is 0 Å². The molecule has 5 rings (SSSR count). The van der Waals surface area contributed by atoms with Crippen LogP contribution in [-0.2, 0) is 4.79 Å². The first kappa shape index (κ1) is 19.3. The number of fused-ring (bicyclic) bond motifs is 1. The lowest BCUT2D eigenvalue weighted by atomic mass is 10.0. The molecule has 2 aromatic heterocycles. The number of aromatic amines is 2. The van der Waals surface area contributed by atoms with Gasteiger partial charge < -0.3 is 20.6 Å². The predicted octanol–water partition coefficient (Wildman–Crippen LogP) is 4.12. The summed E-state index contributed by atoms with van der Waals surface area (Å²) >= 11 is 0. The number of amides is 2. The number of nitrogens with one attached hydrogen (secondary N) is 4. The van der Waals surface area contributed by atoms with E-state index in [1.807, 2.05) is 42.5 Å². The zero-order valence-corrected chi connectivity index (χ0v) is 16.8. The summed E-state index contributed by atoms with van der Waals surface area (Å²) in [4.78, 5) is 44.0. The van der Waals surface area contributed by atoms with Gasteiger partial charge in [0.1, 0.15) is 5.56 Å². The van der Waals surface area contributed by atoms with Gasteiger partial charge >= 0.3 is 0 Å². The van der Waals surface area contributed by atoms with Gasteiger partial charge in [-0.3, -0.25) is 14.4 Å². The number of pyridine rings is 1. The maximum atomic E-state index is 12.9. The minimum atomic E-state index is -0.532. The van der Waals surface area contributed by atoms with Crippen LogP contribution in [0.2, 0.25) is 0 Å². The summed E-state index contributed by atoms with van der Waals surface area (Å²) in [6.07, 6.45) is 6.52. The number of carbonyl (C=O) groups is 2. The van der Waals surface area contributed by atoms with Crippen LogP contribution in [-0.4, -0.2) is 21.8 Å². The summed E-state index contributed by atoms with van der Waals surface area (Å²) in [5.41, 5.74) is 3.94. The third-order valence-corrected chi connectivity index (χ3v) is 5.26. The Hall–Kier alpha value is -4.65. The highest BCUT2D eigenvalue weighted by Gasteiger charge is 2.25. The monoisotopic (exact) mass is 422 g/mol. The molecule has 1 aliphatic heterocycles. The first-order valence-electron chi connectivity index (χ1n) is 9.99. The van der Waals surface area contributed by atoms with Gasteiger partial charge in [-0.1, -0.05) is 36.4 Å². The Bertz CT molecular complexity index is 1420. The second-order valence-corrected chi connectivity index (χ2v) is 7.33. The van der Waals surface area contributed by atoms with Crippen LogP contribution < -0.4 is 16.1 Å². The molecule has 0 radical (unpaired) electrons. The predicted molar refractivity (Wildman–Crippen MR) is 124 cm³/mol. The molecule has 2 aromatic carbocycles. The highest BCUT2D eigenvalue weighted by molar-refractivity contribution is 6.35. The van der Waals surface area contributed by atoms with Crippen LogP contribution in [0.3, 0.4) is 0 Å². The van der Waals surface area contributed by atoms with Crippen molar-refractivity contribution in [2.45, 2.75) is 0 Å². The van der Waals surface area contributed by atoms with Crippen molar-refractivity contribution < 1.29 is 9.59 Å². The second kappa shape index (κ2) is 7.88. The molecule has 0 spiro atoms. The Morgan fingerprint density at radius 1 is 0.906 bits per heavy atom. The summed E-state index contributed by atoms with van der Waals surface area (Å²) in [6, 6.07) is 18.0. The zero-order chi connectivity index (χ0) is 22.1. The van der Waals surface area contributed by atoms with Gasteiger partial charge in [-0.05, 0) is 35.9 Å². The van der Waals surface area contributed by atoms with Crippen LogP contribution in [0.25, 0.3) is 22.8 Å². The van der Waals surface area contributed by atoms with Gasteiger partial charge in [0.15, 0.2) is 0 Å². The summed E-state index contributed by atoms with van der Waals surface area (Å²) in [5.74, 6) is -0.750. The van der Waals surface area contributed by atoms with E-state index in [4.69, 9.17) is 0 Å². The molecule has 4 N–H and O–H groups in total. The molecule has 7 nitrogen and oxygen atoms in total. The fourth-order valence-electron chi connectivity index (χ4n) is 3.69. The van der Waals surface area contributed by atoms with E-state index < -0.39 is 5.91 Å². The van der Waals surface area contributed by atoms with E-state index in [1.54, 1.807) is 36.7 Å². The quantitative estimate of drug-likeness (QED) is 0.372. The first-order chi connectivity index (χ1) is 15.6. The summed E-state index contributed by atoms with van der Waals surface area (Å²) < 4.78 is 0. The highest BCUT2D eigenvalue weighted by atomic mass is 16.2. The number of anilines is 2. The molecule has 0 atom stereocenters. The smallest absolute Gasteiger partial charge is 0.261 e. The third kappa shape index (κ3) is 3.52. The van der Waals surface area contributed by atoms with Gasteiger partial charge in [0.25, 0.3) is 11.8 Å². The van der Waals surface area contributed by atoms with Gasteiger partial charge in [0.2, 0.25) is 5.43 Å². The van der Waals surface area contributed by atoms with Crippen LogP contribution in [0, 0.1) is 0 Å². The van der Waals surface area contributed by atoms with Crippen LogP contribution >= 0.6 is 0 Å². The number of H-pyrrole nitrogens is 2. The van der Waals surface area contributed by atoms with Gasteiger partial charge in [-0.2, -0.15) is 0 Å². The molecular weight excluding hydrogens is 404 g/mol. The average Bonchev–Trinajstić information content (AvgIpc) is 3.42. The van der Waals surface area contributed by atoms with E-state index in [0.717, 1.165) is 16.8 Å². The van der Waals surface area contributed by atoms with Crippen molar-refractivity contribution in [3.8, 4) is 11.1 Å². The molecule has 7 heteroatoms.